The van der Waals surface area contributed by atoms with Crippen molar-refractivity contribution in [3.05, 3.63) is 102 Å². The molecule has 0 saturated carbocycles. The van der Waals surface area contributed by atoms with Gasteiger partial charge in [0.15, 0.2) is 0 Å². The lowest BCUT2D eigenvalue weighted by atomic mass is 10.1. The maximum Gasteiger partial charge on any atom is 0.353 e. The molecular weight excluding hydrogens is 424 g/mol. The number of rotatable bonds is 4. The number of fused-ring (bicyclic) bond motifs is 2. The Labute approximate surface area is 189 Å². The first kappa shape index (κ1) is 20.1. The number of aromatic amines is 1. The third-order valence-corrected chi connectivity index (χ3v) is 5.65. The van der Waals surface area contributed by atoms with Gasteiger partial charge < -0.3 is 0 Å². The van der Waals surface area contributed by atoms with E-state index < -0.39 is 6.03 Å². The molecule has 0 radical (unpaired) electrons. The maximum absolute atomic E-state index is 13.6. The summed E-state index contributed by atoms with van der Waals surface area (Å²) in [6.07, 6.45) is 1.70. The van der Waals surface area contributed by atoms with Crippen LogP contribution in [0.15, 0.2) is 91.1 Å². The van der Waals surface area contributed by atoms with Crippen LogP contribution in [0.5, 0.6) is 0 Å². The van der Waals surface area contributed by atoms with Crippen LogP contribution in [-0.2, 0) is 6.54 Å². The number of aromatic nitrogens is 2. The largest absolute Gasteiger partial charge is 0.353 e. The molecule has 0 spiro atoms. The Morgan fingerprint density at radius 3 is 2.56 bits per heavy atom. The van der Waals surface area contributed by atoms with Gasteiger partial charge in [0, 0.05) is 21.5 Å². The van der Waals surface area contributed by atoms with Crippen LogP contribution in [0.3, 0.4) is 0 Å². The molecule has 0 aliphatic rings. The fraction of sp³-hybridized carbons (Fsp3) is 0.0400. The van der Waals surface area contributed by atoms with Gasteiger partial charge >= 0.3 is 6.03 Å². The summed E-state index contributed by atoms with van der Waals surface area (Å²) >= 11 is 6.03. The van der Waals surface area contributed by atoms with Crippen molar-refractivity contribution in [2.45, 2.75) is 6.54 Å². The molecule has 5 aromatic rings. The van der Waals surface area contributed by atoms with Crippen LogP contribution in [0.2, 0.25) is 5.02 Å². The van der Waals surface area contributed by atoms with Crippen LogP contribution in [0.4, 0.5) is 16.2 Å². The number of hydrogen-bond donors (Lipinski definition) is 2. The van der Waals surface area contributed by atoms with E-state index in [9.17, 15) is 10.0 Å². The number of nitrogens with zero attached hydrogens (tertiary/aromatic N) is 3. The molecule has 0 atom stereocenters. The highest BCUT2D eigenvalue weighted by atomic mass is 35.5. The van der Waals surface area contributed by atoms with Crippen LogP contribution in [0, 0.1) is 0 Å². The van der Waals surface area contributed by atoms with Crippen LogP contribution in [0.1, 0.15) is 5.56 Å². The van der Waals surface area contributed by atoms with Gasteiger partial charge in [0.25, 0.3) is 0 Å². The molecule has 0 aliphatic heterocycles. The fourth-order valence-corrected chi connectivity index (χ4v) is 3.88. The number of carbonyl (C=O) groups excluding carboxylic acids is 1. The third-order valence-electron chi connectivity index (χ3n) is 5.40. The Morgan fingerprint density at radius 2 is 1.72 bits per heavy atom. The first-order chi connectivity index (χ1) is 15.6. The predicted molar refractivity (Wildman–Crippen MR) is 127 cm³/mol. The third kappa shape index (κ3) is 3.77. The number of hydroxylamine groups is 1. The first-order valence-corrected chi connectivity index (χ1v) is 10.4. The summed E-state index contributed by atoms with van der Waals surface area (Å²) in [7, 11) is 0. The lowest BCUT2D eigenvalue weighted by Crippen LogP contribution is -2.41. The Hall–Kier alpha value is -3.87. The van der Waals surface area contributed by atoms with Crippen molar-refractivity contribution in [2.75, 3.05) is 9.96 Å². The molecule has 7 heteroatoms. The Kier molecular flexibility index (Phi) is 5.23. The molecule has 5 rings (SSSR count). The number of H-pyrrole nitrogens is 1. The van der Waals surface area contributed by atoms with Crippen molar-refractivity contribution in [1.29, 1.82) is 0 Å². The molecule has 0 saturated heterocycles. The molecule has 0 fully saturated rings. The number of hydrogen-bond acceptors (Lipinski definition) is 3. The molecule has 0 bridgehead atoms. The topological polar surface area (TPSA) is 72.5 Å². The predicted octanol–water partition coefficient (Wildman–Crippen LogP) is 6.39. The van der Waals surface area contributed by atoms with Crippen LogP contribution in [-0.4, -0.2) is 21.4 Å². The second-order valence-electron chi connectivity index (χ2n) is 7.45. The molecule has 6 nitrogen and oxygen atoms in total. The van der Waals surface area contributed by atoms with Gasteiger partial charge in [-0.3, -0.25) is 15.2 Å². The highest BCUT2D eigenvalue weighted by Crippen LogP contribution is 2.29. The smallest absolute Gasteiger partial charge is 0.288 e. The average Bonchev–Trinajstić information content (AvgIpc) is 3.30. The lowest BCUT2D eigenvalue weighted by molar-refractivity contribution is 0.210. The van der Waals surface area contributed by atoms with E-state index in [0.717, 1.165) is 27.2 Å². The number of nitrogens with one attached hydrogen (secondary N) is 1. The SMILES string of the molecule is O=C(N(O)c1cccc2ccccc12)N(Cc1ccc(Cl)cc1)c1ccc2[nH]ncc2c1. The minimum Gasteiger partial charge on any atom is -0.288 e. The summed E-state index contributed by atoms with van der Waals surface area (Å²) in [6.45, 7) is 0.251. The van der Waals surface area contributed by atoms with Gasteiger partial charge in [-0.2, -0.15) is 10.2 Å². The highest BCUT2D eigenvalue weighted by Gasteiger charge is 2.24. The zero-order chi connectivity index (χ0) is 22.1. The molecule has 4 aromatic carbocycles. The van der Waals surface area contributed by atoms with Gasteiger partial charge in [0.05, 0.1) is 23.9 Å². The van der Waals surface area contributed by atoms with Gasteiger partial charge in [-0.25, -0.2) is 4.79 Å². The summed E-state index contributed by atoms with van der Waals surface area (Å²) in [5.41, 5.74) is 2.79. The Balaban J connectivity index is 1.56. The van der Waals surface area contributed by atoms with Crippen LogP contribution in [0.25, 0.3) is 21.7 Å². The summed E-state index contributed by atoms with van der Waals surface area (Å²) in [5, 5.41) is 21.9. The molecule has 0 aliphatic carbocycles. The van der Waals surface area contributed by atoms with E-state index in [4.69, 9.17) is 11.6 Å². The van der Waals surface area contributed by atoms with E-state index in [1.807, 2.05) is 66.7 Å². The van der Waals surface area contributed by atoms with E-state index in [1.165, 1.54) is 4.90 Å². The fourth-order valence-electron chi connectivity index (χ4n) is 3.75. The standard InChI is InChI=1S/C25H19ClN4O2/c26-20-10-8-17(9-11-20)16-29(21-12-13-23-19(14-21)15-27-28-23)25(31)30(32)24-7-3-5-18-4-1-2-6-22(18)24/h1-15,32H,16H2,(H,27,28). The summed E-state index contributed by atoms with van der Waals surface area (Å²) in [5.74, 6) is 0. The zero-order valence-corrected chi connectivity index (χ0v) is 17.7. The van der Waals surface area contributed by atoms with Crippen LogP contribution >= 0.6 is 11.6 Å². The van der Waals surface area contributed by atoms with Gasteiger partial charge in [-0.05, 0) is 47.3 Å². The van der Waals surface area contributed by atoms with Gasteiger partial charge in [-0.1, -0.05) is 60.1 Å². The highest BCUT2D eigenvalue weighted by molar-refractivity contribution is 6.30. The average molecular weight is 443 g/mol. The van der Waals surface area contributed by atoms with Crippen molar-refractivity contribution in [3.8, 4) is 0 Å². The summed E-state index contributed by atoms with van der Waals surface area (Å²) in [6, 6.07) is 25.3. The van der Waals surface area contributed by atoms with Gasteiger partial charge in [-0.15, -0.1) is 0 Å². The van der Waals surface area contributed by atoms with Crippen molar-refractivity contribution >= 4 is 50.7 Å². The number of urea groups is 1. The molecule has 158 valence electrons. The van der Waals surface area contributed by atoms with Crippen molar-refractivity contribution < 1.29 is 10.0 Å². The quantitative estimate of drug-likeness (QED) is 0.250. The number of benzene rings is 4. The number of carbonyl (C=O) groups is 1. The summed E-state index contributed by atoms with van der Waals surface area (Å²) in [4.78, 5) is 15.1. The number of halogens is 1. The molecule has 1 heterocycles. The second-order valence-corrected chi connectivity index (χ2v) is 7.88. The molecule has 2 amide bonds. The minimum atomic E-state index is -0.570. The van der Waals surface area contributed by atoms with Gasteiger partial charge in [0.1, 0.15) is 0 Å². The zero-order valence-electron chi connectivity index (χ0n) is 16.9. The minimum absolute atomic E-state index is 0.251. The van der Waals surface area contributed by atoms with E-state index in [0.29, 0.717) is 21.5 Å². The molecule has 32 heavy (non-hydrogen) atoms. The normalized spacial score (nSPS) is 11.1. The van der Waals surface area contributed by atoms with Gasteiger partial charge in [0.2, 0.25) is 0 Å². The molecule has 1 aromatic heterocycles. The summed E-state index contributed by atoms with van der Waals surface area (Å²) < 4.78 is 0. The Morgan fingerprint density at radius 1 is 0.938 bits per heavy atom. The number of amides is 2. The second kappa shape index (κ2) is 8.34. The lowest BCUT2D eigenvalue weighted by Gasteiger charge is -2.28. The molecular formula is C25H19ClN4O2. The van der Waals surface area contributed by atoms with Crippen molar-refractivity contribution in [3.63, 3.8) is 0 Å². The van der Waals surface area contributed by atoms with Crippen molar-refractivity contribution in [2.24, 2.45) is 0 Å². The van der Waals surface area contributed by atoms with Crippen molar-refractivity contribution in [1.82, 2.24) is 10.2 Å². The first-order valence-electron chi connectivity index (χ1n) is 10.1. The molecule has 0 unspecified atom stereocenters. The monoisotopic (exact) mass is 442 g/mol. The van der Waals surface area contributed by atoms with E-state index in [-0.39, 0.29) is 6.54 Å². The Bertz CT molecular complexity index is 1410. The van der Waals surface area contributed by atoms with Crippen LogP contribution < -0.4 is 9.96 Å². The molecule has 2 N–H and O–H groups in total. The van der Waals surface area contributed by atoms with E-state index in [1.54, 1.807) is 24.4 Å². The number of anilines is 2. The van der Waals surface area contributed by atoms with E-state index >= 15 is 0 Å². The van der Waals surface area contributed by atoms with E-state index in [2.05, 4.69) is 10.2 Å². The maximum atomic E-state index is 13.6.